The van der Waals surface area contributed by atoms with E-state index in [1.54, 1.807) is 0 Å². The predicted molar refractivity (Wildman–Crippen MR) is 63.0 cm³/mol. The van der Waals surface area contributed by atoms with Gasteiger partial charge in [0.15, 0.2) is 0 Å². The minimum atomic E-state index is -0.689. The number of carboxylic acids is 1. The Hall–Kier alpha value is -0.570. The van der Waals surface area contributed by atoms with Crippen molar-refractivity contribution >= 4 is 5.97 Å². The fraction of sp³-hybridized carbons (Fsp3) is 0.917. The Balaban J connectivity index is 4.43. The van der Waals surface area contributed by atoms with E-state index >= 15 is 0 Å². The topological polar surface area (TPSA) is 40.5 Å². The van der Waals surface area contributed by atoms with Crippen LogP contribution in [0.3, 0.4) is 0 Å². The van der Waals surface area contributed by atoms with Crippen molar-refractivity contribution in [1.82, 2.24) is 4.90 Å². The van der Waals surface area contributed by atoms with Crippen LogP contribution in [0, 0.1) is 5.92 Å². The first kappa shape index (κ1) is 14.4. The third-order valence-corrected chi connectivity index (χ3v) is 2.64. The molecule has 0 fully saturated rings. The van der Waals surface area contributed by atoms with Gasteiger partial charge in [0.25, 0.3) is 0 Å². The minimum absolute atomic E-state index is 0.183. The molecule has 0 aliphatic rings. The molecule has 0 spiro atoms. The van der Waals surface area contributed by atoms with Crippen molar-refractivity contribution < 1.29 is 9.90 Å². The van der Waals surface area contributed by atoms with Crippen LogP contribution in [0.4, 0.5) is 0 Å². The van der Waals surface area contributed by atoms with Gasteiger partial charge < -0.3 is 5.11 Å². The summed E-state index contributed by atoms with van der Waals surface area (Å²) in [5.74, 6) is -0.287. The Labute approximate surface area is 93.5 Å². The van der Waals surface area contributed by atoms with E-state index in [4.69, 9.17) is 5.11 Å². The molecular weight excluding hydrogens is 190 g/mol. The van der Waals surface area contributed by atoms with E-state index < -0.39 is 5.97 Å². The van der Waals surface area contributed by atoms with Crippen LogP contribution in [0.15, 0.2) is 0 Å². The van der Waals surface area contributed by atoms with Crippen LogP contribution in [0.2, 0.25) is 0 Å². The monoisotopic (exact) mass is 215 g/mol. The molecular formula is C12H25NO2. The van der Waals surface area contributed by atoms with Gasteiger partial charge >= 0.3 is 5.97 Å². The van der Waals surface area contributed by atoms with Crippen molar-refractivity contribution in [3.05, 3.63) is 0 Å². The van der Waals surface area contributed by atoms with Crippen molar-refractivity contribution in [1.29, 1.82) is 0 Å². The molecule has 90 valence electrons. The fourth-order valence-electron chi connectivity index (χ4n) is 1.98. The summed E-state index contributed by atoms with van der Waals surface area (Å²) in [5, 5.41) is 8.89. The summed E-state index contributed by atoms with van der Waals surface area (Å²) in [6.45, 7) is 10.5. The van der Waals surface area contributed by atoms with Crippen LogP contribution >= 0.6 is 0 Å². The second-order valence-corrected chi connectivity index (χ2v) is 4.45. The van der Waals surface area contributed by atoms with E-state index in [0.29, 0.717) is 5.92 Å². The summed E-state index contributed by atoms with van der Waals surface area (Å²) >= 11 is 0. The third-order valence-electron chi connectivity index (χ3n) is 2.64. The van der Waals surface area contributed by atoms with Crippen LogP contribution in [0.25, 0.3) is 0 Å². The summed E-state index contributed by atoms with van der Waals surface area (Å²) < 4.78 is 0. The van der Waals surface area contributed by atoms with E-state index in [9.17, 15) is 4.79 Å². The number of hydrogen-bond acceptors (Lipinski definition) is 2. The maximum Gasteiger partial charge on any atom is 0.304 e. The molecule has 0 aliphatic heterocycles. The van der Waals surface area contributed by atoms with Gasteiger partial charge in [-0.05, 0) is 31.8 Å². The van der Waals surface area contributed by atoms with Gasteiger partial charge in [0.05, 0.1) is 6.42 Å². The minimum Gasteiger partial charge on any atom is -0.481 e. The number of hydrogen-bond donors (Lipinski definition) is 1. The molecule has 0 bridgehead atoms. The predicted octanol–water partition coefficient (Wildman–Crippen LogP) is 2.61. The van der Waals surface area contributed by atoms with Crippen LogP contribution in [0.1, 0.15) is 47.0 Å². The molecule has 3 nitrogen and oxygen atoms in total. The highest BCUT2D eigenvalue weighted by Gasteiger charge is 2.23. The van der Waals surface area contributed by atoms with Crippen molar-refractivity contribution in [2.45, 2.75) is 53.0 Å². The van der Waals surface area contributed by atoms with E-state index in [1.165, 1.54) is 0 Å². The van der Waals surface area contributed by atoms with Gasteiger partial charge in [0.1, 0.15) is 0 Å². The second kappa shape index (κ2) is 7.69. The highest BCUT2D eigenvalue weighted by molar-refractivity contribution is 5.67. The summed E-state index contributed by atoms with van der Waals surface area (Å²) in [5.41, 5.74) is 0. The first-order chi connectivity index (χ1) is 7.02. The van der Waals surface area contributed by atoms with Gasteiger partial charge in [-0.25, -0.2) is 0 Å². The van der Waals surface area contributed by atoms with E-state index in [0.717, 1.165) is 25.9 Å². The molecule has 3 heteroatoms. The first-order valence-electron chi connectivity index (χ1n) is 5.98. The van der Waals surface area contributed by atoms with Gasteiger partial charge in [0.2, 0.25) is 0 Å². The summed E-state index contributed by atoms with van der Waals surface area (Å²) in [7, 11) is 0. The van der Waals surface area contributed by atoms with E-state index in [-0.39, 0.29) is 12.5 Å². The van der Waals surface area contributed by atoms with E-state index in [1.807, 2.05) is 0 Å². The number of carbonyl (C=O) groups is 1. The molecule has 0 aromatic carbocycles. The standard InChI is InChI=1S/C12H25NO2/c1-5-7-13(8-6-2)11(10(3)4)9-12(14)15/h10-11H,5-9H2,1-4H3,(H,14,15). The van der Waals surface area contributed by atoms with Gasteiger partial charge in [0, 0.05) is 6.04 Å². The van der Waals surface area contributed by atoms with Gasteiger partial charge in [-0.1, -0.05) is 27.7 Å². The summed E-state index contributed by atoms with van der Waals surface area (Å²) in [4.78, 5) is 13.1. The Bertz CT molecular complexity index is 174. The summed E-state index contributed by atoms with van der Waals surface area (Å²) in [6.07, 6.45) is 2.43. The lowest BCUT2D eigenvalue weighted by atomic mass is 9.98. The summed E-state index contributed by atoms with van der Waals surface area (Å²) in [6, 6.07) is 0.183. The highest BCUT2D eigenvalue weighted by atomic mass is 16.4. The first-order valence-corrected chi connectivity index (χ1v) is 5.98. The maximum absolute atomic E-state index is 10.8. The average Bonchev–Trinajstić information content (AvgIpc) is 2.13. The molecule has 0 aliphatic carbocycles. The molecule has 0 radical (unpaired) electrons. The Morgan fingerprint density at radius 2 is 1.67 bits per heavy atom. The van der Waals surface area contributed by atoms with Crippen LogP contribution < -0.4 is 0 Å². The highest BCUT2D eigenvalue weighted by Crippen LogP contribution is 2.15. The zero-order valence-corrected chi connectivity index (χ0v) is 10.5. The van der Waals surface area contributed by atoms with Crippen LogP contribution in [-0.4, -0.2) is 35.1 Å². The largest absolute Gasteiger partial charge is 0.481 e. The number of aliphatic carboxylic acids is 1. The second-order valence-electron chi connectivity index (χ2n) is 4.45. The Morgan fingerprint density at radius 1 is 1.20 bits per heavy atom. The van der Waals surface area contributed by atoms with Crippen LogP contribution in [-0.2, 0) is 4.79 Å². The lowest BCUT2D eigenvalue weighted by Gasteiger charge is -2.33. The average molecular weight is 215 g/mol. The molecule has 0 aromatic heterocycles. The van der Waals surface area contributed by atoms with Crippen LogP contribution in [0.5, 0.6) is 0 Å². The molecule has 0 amide bonds. The molecule has 0 rings (SSSR count). The van der Waals surface area contributed by atoms with Crippen molar-refractivity contribution in [3.8, 4) is 0 Å². The Morgan fingerprint density at radius 3 is 1.93 bits per heavy atom. The molecule has 0 saturated carbocycles. The zero-order valence-electron chi connectivity index (χ0n) is 10.5. The smallest absolute Gasteiger partial charge is 0.304 e. The van der Waals surface area contributed by atoms with Crippen molar-refractivity contribution in [2.24, 2.45) is 5.92 Å². The quantitative estimate of drug-likeness (QED) is 0.676. The molecule has 15 heavy (non-hydrogen) atoms. The number of rotatable bonds is 8. The van der Waals surface area contributed by atoms with E-state index in [2.05, 4.69) is 32.6 Å². The molecule has 1 atom stereocenters. The normalized spacial score (nSPS) is 13.5. The number of nitrogens with zero attached hydrogens (tertiary/aromatic N) is 1. The molecule has 0 aromatic rings. The Kier molecular flexibility index (Phi) is 7.39. The lowest BCUT2D eigenvalue weighted by Crippen LogP contribution is -2.41. The lowest BCUT2D eigenvalue weighted by molar-refractivity contribution is -0.138. The molecule has 0 heterocycles. The third kappa shape index (κ3) is 5.78. The van der Waals surface area contributed by atoms with Gasteiger partial charge in [-0.15, -0.1) is 0 Å². The molecule has 0 saturated heterocycles. The fourth-order valence-corrected chi connectivity index (χ4v) is 1.98. The van der Waals surface area contributed by atoms with Gasteiger partial charge in [-0.2, -0.15) is 0 Å². The SMILES string of the molecule is CCCN(CCC)C(CC(=O)O)C(C)C. The van der Waals surface area contributed by atoms with Crippen molar-refractivity contribution in [3.63, 3.8) is 0 Å². The van der Waals surface area contributed by atoms with Crippen molar-refractivity contribution in [2.75, 3.05) is 13.1 Å². The zero-order chi connectivity index (χ0) is 11.8. The maximum atomic E-state index is 10.8. The molecule has 1 unspecified atom stereocenters. The van der Waals surface area contributed by atoms with Gasteiger partial charge in [-0.3, -0.25) is 9.69 Å². The number of carboxylic acid groups (broad SMARTS) is 1. The molecule has 1 N–H and O–H groups in total.